The topological polar surface area (TPSA) is 69.7 Å². The molecule has 128 valence electrons. The monoisotopic (exact) mass is 334 g/mol. The molecule has 0 aliphatic carbocycles. The van der Waals surface area contributed by atoms with Crippen molar-refractivity contribution in [3.8, 4) is 0 Å². The number of nitrogens with zero attached hydrogens (tertiary/aromatic N) is 1. The summed E-state index contributed by atoms with van der Waals surface area (Å²) in [7, 11) is 3.99. The molecule has 0 unspecified atom stereocenters. The molecule has 1 amide bonds. The molecule has 1 rings (SSSR count). The van der Waals surface area contributed by atoms with Crippen molar-refractivity contribution in [2.24, 2.45) is 0 Å². The van der Waals surface area contributed by atoms with Gasteiger partial charge >= 0.3 is 6.18 Å². The number of hydrogen-bond acceptors (Lipinski definition) is 5. The van der Waals surface area contributed by atoms with Gasteiger partial charge in [-0.1, -0.05) is 0 Å². The third kappa shape index (κ3) is 4.93. The molecule has 1 heterocycles. The Kier molecular flexibility index (Phi) is 6.52. The van der Waals surface area contributed by atoms with Crippen LogP contribution >= 0.6 is 0 Å². The summed E-state index contributed by atoms with van der Waals surface area (Å²) in [6.45, 7) is 1.54. The molecule has 6 nitrogen and oxygen atoms in total. The van der Waals surface area contributed by atoms with Crippen LogP contribution in [0.25, 0.3) is 0 Å². The van der Waals surface area contributed by atoms with Gasteiger partial charge in [-0.25, -0.2) is 4.98 Å². The number of nitrogens with one attached hydrogen (secondary N) is 1. The predicted molar refractivity (Wildman–Crippen MR) is 75.4 cm³/mol. The van der Waals surface area contributed by atoms with E-state index in [1.165, 1.54) is 28.3 Å². The number of methoxy groups -OCH3 is 3. The normalized spacial score (nSPS) is 12.9. The van der Waals surface area contributed by atoms with Crippen molar-refractivity contribution in [3.63, 3.8) is 0 Å². The van der Waals surface area contributed by atoms with Gasteiger partial charge in [-0.2, -0.15) is 13.2 Å². The lowest BCUT2D eigenvalue weighted by atomic mass is 10.2. The van der Waals surface area contributed by atoms with Gasteiger partial charge in [0.1, 0.15) is 5.82 Å². The number of anilines is 1. The lowest BCUT2D eigenvalue weighted by molar-refractivity contribution is -0.137. The molecule has 0 aromatic carbocycles. The molecule has 0 bridgehead atoms. The average molecular weight is 334 g/mol. The Morgan fingerprint density at radius 2 is 1.87 bits per heavy atom. The molecule has 0 atom stereocenters. The molecule has 1 aromatic heterocycles. The maximum atomic E-state index is 12.6. The van der Waals surface area contributed by atoms with Gasteiger partial charge in [-0.05, 0) is 19.1 Å². The first-order valence-electron chi connectivity index (χ1n) is 6.39. The van der Waals surface area contributed by atoms with Crippen LogP contribution in [0.5, 0.6) is 0 Å². The minimum atomic E-state index is -4.53. The Labute approximate surface area is 131 Å². The Bertz CT molecular complexity index is 584. The Hall–Kier alpha value is -2.13. The second kappa shape index (κ2) is 7.93. The highest BCUT2D eigenvalue weighted by molar-refractivity contribution is 6.02. The Morgan fingerprint density at radius 3 is 2.35 bits per heavy atom. The average Bonchev–Trinajstić information content (AvgIpc) is 2.48. The van der Waals surface area contributed by atoms with Crippen LogP contribution in [-0.2, 0) is 25.2 Å². The summed E-state index contributed by atoms with van der Waals surface area (Å²) in [6.07, 6.45) is -4.41. The van der Waals surface area contributed by atoms with Gasteiger partial charge in [0.2, 0.25) is 0 Å². The Balaban J connectivity index is 3.04. The standard InChI is InChI=1S/C14H17F3N2O4/c1-8(13(22-3)23-4)11(21-2)12(20)19-10-7-9(5-6-18-10)14(15,16)17/h5-7,13H,1-4H3,(H,18,19,20)/b11-8+. The fourth-order valence-electron chi connectivity index (χ4n) is 1.84. The summed E-state index contributed by atoms with van der Waals surface area (Å²) < 4.78 is 52.9. The zero-order chi connectivity index (χ0) is 17.6. The minimum absolute atomic E-state index is 0.141. The number of aromatic nitrogens is 1. The van der Waals surface area contributed by atoms with E-state index in [1.807, 2.05) is 0 Å². The van der Waals surface area contributed by atoms with Crippen LogP contribution in [0.4, 0.5) is 19.0 Å². The van der Waals surface area contributed by atoms with E-state index in [1.54, 1.807) is 0 Å². The van der Waals surface area contributed by atoms with Crippen molar-refractivity contribution in [2.45, 2.75) is 19.4 Å². The third-order valence-electron chi connectivity index (χ3n) is 2.88. The molecule has 0 spiro atoms. The molecule has 9 heteroatoms. The van der Waals surface area contributed by atoms with Gasteiger partial charge in [0.15, 0.2) is 12.0 Å². The van der Waals surface area contributed by atoms with Gasteiger partial charge in [0.25, 0.3) is 5.91 Å². The van der Waals surface area contributed by atoms with Crippen molar-refractivity contribution in [2.75, 3.05) is 26.6 Å². The summed E-state index contributed by atoms with van der Waals surface area (Å²) in [5.74, 6) is -1.16. The smallest absolute Gasteiger partial charge is 0.416 e. The number of carbonyl (C=O) groups excluding carboxylic acids is 1. The first-order chi connectivity index (χ1) is 10.7. The first-order valence-corrected chi connectivity index (χ1v) is 6.39. The maximum absolute atomic E-state index is 12.6. The highest BCUT2D eigenvalue weighted by Gasteiger charge is 2.31. The fraction of sp³-hybridized carbons (Fsp3) is 0.429. The zero-order valence-electron chi connectivity index (χ0n) is 13.0. The second-order valence-electron chi connectivity index (χ2n) is 4.40. The van der Waals surface area contributed by atoms with Crippen molar-refractivity contribution < 1.29 is 32.2 Å². The number of halogens is 3. The van der Waals surface area contributed by atoms with Gasteiger partial charge in [0, 0.05) is 26.0 Å². The molecule has 0 radical (unpaired) electrons. The quantitative estimate of drug-likeness (QED) is 0.492. The van der Waals surface area contributed by atoms with E-state index in [0.29, 0.717) is 5.57 Å². The summed E-state index contributed by atoms with van der Waals surface area (Å²) in [6, 6.07) is 1.53. The summed E-state index contributed by atoms with van der Waals surface area (Å²) in [5, 5.41) is 2.25. The molecule has 1 aromatic rings. The number of pyridine rings is 1. The molecule has 0 saturated heterocycles. The van der Waals surface area contributed by atoms with E-state index in [2.05, 4.69) is 10.3 Å². The van der Waals surface area contributed by atoms with E-state index in [4.69, 9.17) is 14.2 Å². The predicted octanol–water partition coefficient (Wildman–Crippen LogP) is 2.58. The van der Waals surface area contributed by atoms with E-state index in [9.17, 15) is 18.0 Å². The van der Waals surface area contributed by atoms with Gasteiger partial charge < -0.3 is 19.5 Å². The van der Waals surface area contributed by atoms with E-state index in [0.717, 1.165) is 18.3 Å². The number of amides is 1. The molecule has 0 fully saturated rings. The largest absolute Gasteiger partial charge is 0.491 e. The molecule has 0 saturated carbocycles. The minimum Gasteiger partial charge on any atom is -0.491 e. The second-order valence-corrected chi connectivity index (χ2v) is 4.40. The number of hydrogen-bond donors (Lipinski definition) is 1. The highest BCUT2D eigenvalue weighted by Crippen LogP contribution is 2.30. The molecular weight excluding hydrogens is 317 g/mol. The van der Waals surface area contributed by atoms with Crippen LogP contribution < -0.4 is 5.32 Å². The van der Waals surface area contributed by atoms with Crippen LogP contribution in [0.2, 0.25) is 0 Å². The lowest BCUT2D eigenvalue weighted by Crippen LogP contribution is -2.23. The SMILES string of the molecule is CO/C(C(=O)Nc1cc(C(F)(F)F)ccn1)=C(\C)C(OC)OC. The van der Waals surface area contributed by atoms with Crippen LogP contribution in [0.1, 0.15) is 12.5 Å². The summed E-state index contributed by atoms with van der Waals surface area (Å²) >= 11 is 0. The van der Waals surface area contributed by atoms with Crippen molar-refractivity contribution in [1.82, 2.24) is 4.98 Å². The molecule has 1 N–H and O–H groups in total. The number of rotatable bonds is 6. The molecule has 0 aliphatic heterocycles. The number of alkyl halides is 3. The van der Waals surface area contributed by atoms with Crippen LogP contribution in [0, 0.1) is 0 Å². The van der Waals surface area contributed by atoms with E-state index >= 15 is 0 Å². The Morgan fingerprint density at radius 1 is 1.26 bits per heavy atom. The van der Waals surface area contributed by atoms with Gasteiger partial charge in [-0.3, -0.25) is 4.79 Å². The lowest BCUT2D eigenvalue weighted by Gasteiger charge is -2.17. The number of carbonyl (C=O) groups is 1. The highest BCUT2D eigenvalue weighted by atomic mass is 19.4. The third-order valence-corrected chi connectivity index (χ3v) is 2.88. The van der Waals surface area contributed by atoms with Crippen molar-refractivity contribution >= 4 is 11.7 Å². The first kappa shape index (κ1) is 18.9. The van der Waals surface area contributed by atoms with E-state index < -0.39 is 23.9 Å². The molecule has 0 aliphatic rings. The van der Waals surface area contributed by atoms with Crippen LogP contribution in [-0.4, -0.2) is 38.5 Å². The van der Waals surface area contributed by atoms with Crippen molar-refractivity contribution in [1.29, 1.82) is 0 Å². The zero-order valence-corrected chi connectivity index (χ0v) is 13.0. The molecule has 23 heavy (non-hydrogen) atoms. The maximum Gasteiger partial charge on any atom is 0.416 e. The van der Waals surface area contributed by atoms with Gasteiger partial charge in [0.05, 0.1) is 12.7 Å². The number of ether oxygens (including phenoxy) is 3. The fourth-order valence-corrected chi connectivity index (χ4v) is 1.84. The van der Waals surface area contributed by atoms with Gasteiger partial charge in [-0.15, -0.1) is 0 Å². The summed E-state index contributed by atoms with van der Waals surface area (Å²) in [4.78, 5) is 15.8. The van der Waals surface area contributed by atoms with Crippen LogP contribution in [0.15, 0.2) is 29.7 Å². The van der Waals surface area contributed by atoms with Crippen molar-refractivity contribution in [3.05, 3.63) is 35.2 Å². The van der Waals surface area contributed by atoms with Crippen LogP contribution in [0.3, 0.4) is 0 Å². The summed E-state index contributed by atoms with van der Waals surface area (Å²) in [5.41, 5.74) is -0.601. The molecular formula is C14H17F3N2O4. The van der Waals surface area contributed by atoms with E-state index in [-0.39, 0.29) is 11.6 Å².